The molecule has 8 heteroatoms. The lowest BCUT2D eigenvalue weighted by Crippen LogP contribution is -2.36. The second-order valence-corrected chi connectivity index (χ2v) is 9.23. The number of carbonyl (C=O) groups excluding carboxylic acids is 1. The SMILES string of the molecule is Cc1cc(=O)c2oc(-c3ccccc3)c(CC(=O)NC3CCS(=O)(=O)C3)c2o1. The van der Waals surface area contributed by atoms with Gasteiger partial charge in [-0.25, -0.2) is 8.42 Å². The van der Waals surface area contributed by atoms with Crippen LogP contribution >= 0.6 is 0 Å². The molecule has 1 unspecified atom stereocenters. The molecular formula is C20H19NO6S. The minimum Gasteiger partial charge on any atom is -0.457 e. The summed E-state index contributed by atoms with van der Waals surface area (Å²) in [5.41, 5.74) is 1.19. The first-order valence-electron chi connectivity index (χ1n) is 8.94. The van der Waals surface area contributed by atoms with Crippen molar-refractivity contribution in [2.45, 2.75) is 25.8 Å². The smallest absolute Gasteiger partial charge is 0.228 e. The molecule has 0 radical (unpaired) electrons. The van der Waals surface area contributed by atoms with E-state index in [0.29, 0.717) is 23.5 Å². The van der Waals surface area contributed by atoms with Gasteiger partial charge in [0, 0.05) is 17.7 Å². The number of fused-ring (bicyclic) bond motifs is 1. The number of furan rings is 1. The standard InChI is InChI=1S/C20H19NO6S/c1-12-9-16(22)20-19(26-12)15(18(27-20)13-5-3-2-4-6-13)10-17(23)21-14-7-8-28(24,25)11-14/h2-6,9,14H,7-8,10-11H2,1H3,(H,21,23). The highest BCUT2D eigenvalue weighted by Crippen LogP contribution is 2.33. The average Bonchev–Trinajstić information content (AvgIpc) is 3.16. The van der Waals surface area contributed by atoms with Crippen molar-refractivity contribution in [3.05, 3.63) is 57.9 Å². The van der Waals surface area contributed by atoms with Gasteiger partial charge in [-0.3, -0.25) is 9.59 Å². The summed E-state index contributed by atoms with van der Waals surface area (Å²) in [6, 6.07) is 10.1. The summed E-state index contributed by atoms with van der Waals surface area (Å²) < 4.78 is 34.7. The molecule has 3 aromatic rings. The molecule has 1 fully saturated rings. The maximum absolute atomic E-state index is 12.6. The van der Waals surface area contributed by atoms with Gasteiger partial charge < -0.3 is 14.2 Å². The first-order valence-corrected chi connectivity index (χ1v) is 10.8. The lowest BCUT2D eigenvalue weighted by Gasteiger charge is -2.11. The zero-order valence-corrected chi connectivity index (χ0v) is 16.0. The second kappa shape index (κ2) is 6.94. The molecule has 1 atom stereocenters. The Morgan fingerprint density at radius 1 is 1.18 bits per heavy atom. The molecule has 0 aliphatic carbocycles. The minimum absolute atomic E-state index is 0.0510. The number of rotatable bonds is 4. The molecular weight excluding hydrogens is 382 g/mol. The van der Waals surface area contributed by atoms with Crippen LogP contribution in [0.5, 0.6) is 0 Å². The van der Waals surface area contributed by atoms with Crippen molar-refractivity contribution in [2.75, 3.05) is 11.5 Å². The van der Waals surface area contributed by atoms with Crippen LogP contribution in [0.1, 0.15) is 17.7 Å². The van der Waals surface area contributed by atoms with E-state index in [-0.39, 0.29) is 40.4 Å². The van der Waals surface area contributed by atoms with Crippen molar-refractivity contribution in [3.63, 3.8) is 0 Å². The Kier molecular flexibility index (Phi) is 4.58. The van der Waals surface area contributed by atoms with Crippen LogP contribution in [0.4, 0.5) is 0 Å². The van der Waals surface area contributed by atoms with Crippen molar-refractivity contribution in [1.82, 2.24) is 5.32 Å². The topological polar surface area (TPSA) is 107 Å². The maximum Gasteiger partial charge on any atom is 0.228 e. The van der Waals surface area contributed by atoms with E-state index in [1.165, 1.54) is 6.07 Å². The summed E-state index contributed by atoms with van der Waals surface area (Å²) in [4.78, 5) is 24.9. The fourth-order valence-electron chi connectivity index (χ4n) is 3.49. The Bertz CT molecular complexity index is 1210. The summed E-state index contributed by atoms with van der Waals surface area (Å²) in [7, 11) is -3.09. The second-order valence-electron chi connectivity index (χ2n) is 7.00. The lowest BCUT2D eigenvalue weighted by molar-refractivity contribution is -0.121. The number of carbonyl (C=O) groups is 1. The highest BCUT2D eigenvalue weighted by molar-refractivity contribution is 7.91. The van der Waals surface area contributed by atoms with Crippen molar-refractivity contribution < 1.29 is 22.0 Å². The number of amides is 1. The maximum atomic E-state index is 12.6. The zero-order chi connectivity index (χ0) is 19.9. The number of aryl methyl sites for hydroxylation is 1. The van der Waals surface area contributed by atoms with Gasteiger partial charge in [-0.2, -0.15) is 0 Å². The molecule has 146 valence electrons. The van der Waals surface area contributed by atoms with Crippen LogP contribution in [-0.4, -0.2) is 31.9 Å². The van der Waals surface area contributed by atoms with E-state index in [9.17, 15) is 18.0 Å². The Hall–Kier alpha value is -2.87. The third kappa shape index (κ3) is 3.60. The van der Waals surface area contributed by atoms with Crippen LogP contribution in [-0.2, 0) is 21.1 Å². The normalized spacial score (nSPS) is 18.4. The Morgan fingerprint density at radius 3 is 2.61 bits per heavy atom. The molecule has 4 rings (SSSR count). The third-order valence-corrected chi connectivity index (χ3v) is 6.52. The molecule has 0 bridgehead atoms. The van der Waals surface area contributed by atoms with Gasteiger partial charge in [0.1, 0.15) is 11.5 Å². The number of sulfone groups is 1. The molecule has 1 amide bonds. The van der Waals surface area contributed by atoms with Gasteiger partial charge in [-0.15, -0.1) is 0 Å². The van der Waals surface area contributed by atoms with Gasteiger partial charge in [0.15, 0.2) is 15.4 Å². The molecule has 2 aromatic heterocycles. The molecule has 1 aromatic carbocycles. The van der Waals surface area contributed by atoms with E-state index < -0.39 is 15.9 Å². The minimum atomic E-state index is -3.09. The van der Waals surface area contributed by atoms with Crippen LogP contribution in [0, 0.1) is 6.92 Å². The third-order valence-electron chi connectivity index (χ3n) is 4.75. The van der Waals surface area contributed by atoms with Crippen LogP contribution < -0.4 is 10.7 Å². The molecule has 3 heterocycles. The summed E-state index contributed by atoms with van der Waals surface area (Å²) in [6.45, 7) is 1.66. The highest BCUT2D eigenvalue weighted by Gasteiger charge is 2.30. The van der Waals surface area contributed by atoms with Crippen molar-refractivity contribution in [3.8, 4) is 11.3 Å². The van der Waals surface area contributed by atoms with Crippen molar-refractivity contribution in [1.29, 1.82) is 0 Å². The van der Waals surface area contributed by atoms with Crippen molar-refractivity contribution >= 4 is 26.9 Å². The fourth-order valence-corrected chi connectivity index (χ4v) is 5.17. The summed E-state index contributed by atoms with van der Waals surface area (Å²) in [6.07, 6.45) is 0.320. The molecule has 0 spiro atoms. The molecule has 1 aliphatic heterocycles. The number of hydrogen-bond acceptors (Lipinski definition) is 6. The number of benzene rings is 1. The first kappa shape index (κ1) is 18.5. The van der Waals surface area contributed by atoms with Gasteiger partial charge >= 0.3 is 0 Å². The molecule has 1 aliphatic rings. The van der Waals surface area contributed by atoms with E-state index in [2.05, 4.69) is 5.32 Å². The highest BCUT2D eigenvalue weighted by atomic mass is 32.2. The van der Waals surface area contributed by atoms with Gasteiger partial charge in [-0.1, -0.05) is 30.3 Å². The van der Waals surface area contributed by atoms with E-state index in [0.717, 1.165) is 5.56 Å². The van der Waals surface area contributed by atoms with Gasteiger partial charge in [0.25, 0.3) is 0 Å². The lowest BCUT2D eigenvalue weighted by atomic mass is 10.1. The molecule has 1 N–H and O–H groups in total. The Balaban J connectivity index is 1.72. The van der Waals surface area contributed by atoms with Crippen molar-refractivity contribution in [2.24, 2.45) is 0 Å². The van der Waals surface area contributed by atoms with Crippen LogP contribution in [0.15, 0.2) is 50.0 Å². The zero-order valence-electron chi connectivity index (χ0n) is 15.2. The first-order chi connectivity index (χ1) is 13.3. The fraction of sp³-hybridized carbons (Fsp3) is 0.300. The predicted octanol–water partition coefficient (Wildman–Crippen LogP) is 2.21. The molecule has 7 nitrogen and oxygen atoms in total. The summed E-state index contributed by atoms with van der Waals surface area (Å²) in [5, 5.41) is 2.77. The van der Waals surface area contributed by atoms with Crippen LogP contribution in [0.3, 0.4) is 0 Å². The van der Waals surface area contributed by atoms with Crippen LogP contribution in [0.25, 0.3) is 22.5 Å². The largest absolute Gasteiger partial charge is 0.457 e. The van der Waals surface area contributed by atoms with E-state index >= 15 is 0 Å². The average molecular weight is 401 g/mol. The Labute approximate surface area is 161 Å². The van der Waals surface area contributed by atoms with E-state index in [1.807, 2.05) is 30.3 Å². The van der Waals surface area contributed by atoms with Crippen LogP contribution in [0.2, 0.25) is 0 Å². The molecule has 0 saturated carbocycles. The van der Waals surface area contributed by atoms with Gasteiger partial charge in [0.2, 0.25) is 16.9 Å². The number of nitrogens with one attached hydrogen (secondary N) is 1. The summed E-state index contributed by atoms with van der Waals surface area (Å²) >= 11 is 0. The molecule has 1 saturated heterocycles. The predicted molar refractivity (Wildman–Crippen MR) is 104 cm³/mol. The quantitative estimate of drug-likeness (QED) is 0.718. The van der Waals surface area contributed by atoms with E-state index in [4.69, 9.17) is 8.83 Å². The van der Waals surface area contributed by atoms with E-state index in [1.54, 1.807) is 6.92 Å². The number of hydrogen-bond donors (Lipinski definition) is 1. The Morgan fingerprint density at radius 2 is 1.93 bits per heavy atom. The van der Waals surface area contributed by atoms with Gasteiger partial charge in [0.05, 0.1) is 23.5 Å². The molecule has 28 heavy (non-hydrogen) atoms. The summed E-state index contributed by atoms with van der Waals surface area (Å²) in [5.74, 6) is 0.504. The van der Waals surface area contributed by atoms with Gasteiger partial charge in [-0.05, 0) is 13.3 Å². The monoisotopic (exact) mass is 401 g/mol.